The van der Waals surface area contributed by atoms with E-state index in [4.69, 9.17) is 17.0 Å². The Morgan fingerprint density at radius 1 is 1.26 bits per heavy atom. The molecule has 4 heteroatoms. The molecule has 2 rings (SSSR count). The van der Waals surface area contributed by atoms with Crippen molar-refractivity contribution in [2.24, 2.45) is 0 Å². The molecule has 3 nitrogen and oxygen atoms in total. The van der Waals surface area contributed by atoms with Crippen molar-refractivity contribution in [3.63, 3.8) is 0 Å². The van der Waals surface area contributed by atoms with E-state index in [0.717, 1.165) is 16.8 Å². The van der Waals surface area contributed by atoms with Crippen molar-refractivity contribution < 1.29 is 9.53 Å². The van der Waals surface area contributed by atoms with E-state index in [2.05, 4.69) is 4.98 Å². The summed E-state index contributed by atoms with van der Waals surface area (Å²) < 4.78 is 5.94. The van der Waals surface area contributed by atoms with Gasteiger partial charge in [-0.2, -0.15) is 0 Å². The molecule has 1 aromatic carbocycles. The van der Waals surface area contributed by atoms with Gasteiger partial charge in [-0.1, -0.05) is 42.5 Å². The lowest BCUT2D eigenvalue weighted by molar-refractivity contribution is 0.0470. The molecule has 1 N–H and O–H groups in total. The van der Waals surface area contributed by atoms with Crippen molar-refractivity contribution >= 4 is 18.2 Å². The number of carbonyl (C=O) groups excluding carboxylic acids is 1. The van der Waals surface area contributed by atoms with Crippen LogP contribution in [0.5, 0.6) is 0 Å². The SMILES string of the molecule is Cc1cc(=S)[nH]c(C)c1C(=O)OCc1ccccc1. The van der Waals surface area contributed by atoms with E-state index >= 15 is 0 Å². The molecule has 98 valence electrons. The monoisotopic (exact) mass is 273 g/mol. The Bertz CT molecular complexity index is 621. The van der Waals surface area contributed by atoms with Gasteiger partial charge in [-0.25, -0.2) is 4.79 Å². The molecular weight excluding hydrogens is 258 g/mol. The van der Waals surface area contributed by atoms with Crippen LogP contribution in [0, 0.1) is 18.5 Å². The summed E-state index contributed by atoms with van der Waals surface area (Å²) >= 11 is 5.07. The number of esters is 1. The van der Waals surface area contributed by atoms with Crippen molar-refractivity contribution in [1.82, 2.24) is 4.98 Å². The first-order valence-electron chi connectivity index (χ1n) is 5.99. The summed E-state index contributed by atoms with van der Waals surface area (Å²) in [7, 11) is 0. The second-order valence-corrected chi connectivity index (χ2v) is 4.82. The van der Waals surface area contributed by atoms with E-state index in [1.54, 1.807) is 6.07 Å². The number of aromatic amines is 1. The van der Waals surface area contributed by atoms with E-state index < -0.39 is 0 Å². The first kappa shape index (κ1) is 13.5. The fraction of sp³-hybridized carbons (Fsp3) is 0.200. The summed E-state index contributed by atoms with van der Waals surface area (Å²) in [5.41, 5.74) is 3.10. The van der Waals surface area contributed by atoms with Gasteiger partial charge in [0.05, 0.1) is 5.56 Å². The van der Waals surface area contributed by atoms with Crippen molar-refractivity contribution in [3.8, 4) is 0 Å². The van der Waals surface area contributed by atoms with Crippen LogP contribution in [-0.4, -0.2) is 11.0 Å². The Balaban J connectivity index is 2.15. The molecule has 0 unspecified atom stereocenters. The van der Waals surface area contributed by atoms with E-state index in [1.165, 1.54) is 0 Å². The topological polar surface area (TPSA) is 42.1 Å². The molecule has 0 aliphatic heterocycles. The molecule has 1 aromatic heterocycles. The number of aromatic nitrogens is 1. The van der Waals surface area contributed by atoms with Gasteiger partial charge in [-0.05, 0) is 31.0 Å². The fourth-order valence-corrected chi connectivity index (χ4v) is 2.29. The summed E-state index contributed by atoms with van der Waals surface area (Å²) in [6, 6.07) is 11.4. The normalized spacial score (nSPS) is 10.2. The van der Waals surface area contributed by atoms with Crippen LogP contribution in [0.15, 0.2) is 36.4 Å². The number of H-pyrrole nitrogens is 1. The first-order valence-corrected chi connectivity index (χ1v) is 6.40. The zero-order valence-corrected chi connectivity index (χ0v) is 11.7. The highest BCUT2D eigenvalue weighted by Gasteiger charge is 2.14. The van der Waals surface area contributed by atoms with Crippen LogP contribution < -0.4 is 0 Å². The van der Waals surface area contributed by atoms with Crippen LogP contribution in [0.1, 0.15) is 27.2 Å². The van der Waals surface area contributed by atoms with Gasteiger partial charge >= 0.3 is 5.97 Å². The van der Waals surface area contributed by atoms with Gasteiger partial charge in [0.25, 0.3) is 0 Å². The van der Waals surface area contributed by atoms with E-state index in [0.29, 0.717) is 10.2 Å². The molecule has 2 aromatic rings. The van der Waals surface area contributed by atoms with Crippen LogP contribution in [0.4, 0.5) is 0 Å². The number of rotatable bonds is 3. The minimum atomic E-state index is -0.329. The third-order valence-electron chi connectivity index (χ3n) is 2.84. The lowest BCUT2D eigenvalue weighted by Gasteiger charge is -2.10. The highest BCUT2D eigenvalue weighted by molar-refractivity contribution is 7.71. The number of aryl methyl sites for hydroxylation is 2. The zero-order chi connectivity index (χ0) is 13.8. The third kappa shape index (κ3) is 3.29. The van der Waals surface area contributed by atoms with Crippen LogP contribution in [0.2, 0.25) is 0 Å². The van der Waals surface area contributed by atoms with Gasteiger partial charge in [-0.3, -0.25) is 0 Å². The lowest BCUT2D eigenvalue weighted by Crippen LogP contribution is -2.10. The molecular formula is C15H15NO2S. The standard InChI is InChI=1S/C15H15NO2S/c1-10-8-13(19)16-11(2)14(10)15(17)18-9-12-6-4-3-5-7-12/h3-8H,9H2,1-2H3,(H,16,19). The molecule has 0 amide bonds. The number of pyridine rings is 1. The minimum Gasteiger partial charge on any atom is -0.457 e. The number of nitrogens with one attached hydrogen (secondary N) is 1. The Morgan fingerprint density at radius 3 is 2.58 bits per heavy atom. The van der Waals surface area contributed by atoms with Crippen LogP contribution >= 0.6 is 12.2 Å². The fourth-order valence-electron chi connectivity index (χ4n) is 1.96. The average Bonchev–Trinajstić information content (AvgIpc) is 2.36. The Labute approximate surface area is 117 Å². The van der Waals surface area contributed by atoms with Crippen LogP contribution in [0.25, 0.3) is 0 Å². The predicted octanol–water partition coefficient (Wildman–Crippen LogP) is 3.72. The minimum absolute atomic E-state index is 0.272. The van der Waals surface area contributed by atoms with Gasteiger partial charge in [0, 0.05) is 5.69 Å². The summed E-state index contributed by atoms with van der Waals surface area (Å²) in [5, 5.41) is 0. The molecule has 0 aliphatic rings. The Kier molecular flexibility index (Phi) is 4.12. The van der Waals surface area contributed by atoms with Gasteiger partial charge in [0.1, 0.15) is 11.2 Å². The van der Waals surface area contributed by atoms with E-state index in [-0.39, 0.29) is 12.6 Å². The largest absolute Gasteiger partial charge is 0.457 e. The molecule has 19 heavy (non-hydrogen) atoms. The molecule has 0 aliphatic carbocycles. The number of benzene rings is 1. The lowest BCUT2D eigenvalue weighted by atomic mass is 10.1. The second kappa shape index (κ2) is 5.80. The first-order chi connectivity index (χ1) is 9.08. The highest BCUT2D eigenvalue weighted by atomic mass is 32.1. The predicted molar refractivity (Wildman–Crippen MR) is 76.7 cm³/mol. The maximum absolute atomic E-state index is 12.1. The van der Waals surface area contributed by atoms with Gasteiger partial charge in [0.15, 0.2) is 0 Å². The highest BCUT2D eigenvalue weighted by Crippen LogP contribution is 2.14. The Morgan fingerprint density at radius 2 is 1.95 bits per heavy atom. The molecule has 0 spiro atoms. The van der Waals surface area contributed by atoms with Crippen molar-refractivity contribution in [3.05, 3.63) is 63.4 Å². The van der Waals surface area contributed by atoms with Gasteiger partial charge in [-0.15, -0.1) is 0 Å². The molecule has 0 bridgehead atoms. The molecule has 0 saturated carbocycles. The van der Waals surface area contributed by atoms with Crippen molar-refractivity contribution in [1.29, 1.82) is 0 Å². The molecule has 0 atom stereocenters. The number of carbonyl (C=O) groups is 1. The summed E-state index contributed by atoms with van der Waals surface area (Å²) in [5.74, 6) is -0.329. The maximum Gasteiger partial charge on any atom is 0.340 e. The van der Waals surface area contributed by atoms with Gasteiger partial charge in [0.2, 0.25) is 0 Å². The van der Waals surface area contributed by atoms with Crippen molar-refractivity contribution in [2.75, 3.05) is 0 Å². The second-order valence-electron chi connectivity index (χ2n) is 4.38. The van der Waals surface area contributed by atoms with E-state index in [1.807, 2.05) is 44.2 Å². The zero-order valence-electron chi connectivity index (χ0n) is 10.9. The maximum atomic E-state index is 12.1. The summed E-state index contributed by atoms with van der Waals surface area (Å²) in [6.07, 6.45) is 0. The summed E-state index contributed by atoms with van der Waals surface area (Å²) in [4.78, 5) is 15.1. The number of ether oxygens (including phenoxy) is 1. The van der Waals surface area contributed by atoms with E-state index in [9.17, 15) is 4.79 Å². The number of hydrogen-bond acceptors (Lipinski definition) is 3. The number of hydrogen-bond donors (Lipinski definition) is 1. The molecule has 1 heterocycles. The molecule has 0 saturated heterocycles. The average molecular weight is 273 g/mol. The third-order valence-corrected chi connectivity index (χ3v) is 3.06. The smallest absolute Gasteiger partial charge is 0.340 e. The molecule has 0 fully saturated rings. The molecule has 0 radical (unpaired) electrons. The quantitative estimate of drug-likeness (QED) is 0.684. The summed E-state index contributed by atoms with van der Waals surface area (Å²) in [6.45, 7) is 3.95. The van der Waals surface area contributed by atoms with Gasteiger partial charge < -0.3 is 9.72 Å². The van der Waals surface area contributed by atoms with Crippen molar-refractivity contribution in [2.45, 2.75) is 20.5 Å². The van der Waals surface area contributed by atoms with Crippen LogP contribution in [0.3, 0.4) is 0 Å². The van der Waals surface area contributed by atoms with Crippen LogP contribution in [-0.2, 0) is 11.3 Å². The Hall–Kier alpha value is -1.94.